The average molecular weight is 455 g/mol. The van der Waals surface area contributed by atoms with Crippen LogP contribution in [0.1, 0.15) is 0 Å². The summed E-state index contributed by atoms with van der Waals surface area (Å²) in [6, 6.07) is 4.86. The van der Waals surface area contributed by atoms with Crippen molar-refractivity contribution in [3.63, 3.8) is 0 Å². The molecule has 0 saturated carbocycles. The summed E-state index contributed by atoms with van der Waals surface area (Å²) in [4.78, 5) is 27.0. The molecule has 1 aliphatic heterocycles. The topological polar surface area (TPSA) is 123 Å². The average Bonchev–Trinajstić information content (AvgIpc) is 2.90. The highest BCUT2D eigenvalue weighted by molar-refractivity contribution is 6.43. The minimum absolute atomic E-state index is 0.0171. The van der Waals surface area contributed by atoms with Crippen LogP contribution < -0.4 is 32.0 Å². The summed E-state index contributed by atoms with van der Waals surface area (Å²) in [5.74, 6) is -3.28. The van der Waals surface area contributed by atoms with E-state index in [9.17, 15) is 18.4 Å². The summed E-state index contributed by atoms with van der Waals surface area (Å²) in [6.07, 6.45) is 2.03. The van der Waals surface area contributed by atoms with E-state index < -0.39 is 24.6 Å². The molecule has 0 bridgehead atoms. The van der Waals surface area contributed by atoms with Crippen LogP contribution in [0.2, 0.25) is 0 Å². The van der Waals surface area contributed by atoms with Crippen LogP contribution in [0.4, 0.5) is 20.2 Å². The highest BCUT2D eigenvalue weighted by Crippen LogP contribution is 2.35. The van der Waals surface area contributed by atoms with Crippen LogP contribution >= 0.6 is 11.6 Å². The third-order valence-electron chi connectivity index (χ3n) is 4.51. The molecule has 166 valence electrons. The van der Waals surface area contributed by atoms with Gasteiger partial charge >= 0.3 is 0 Å². The van der Waals surface area contributed by atoms with E-state index in [1.54, 1.807) is 18.2 Å². The van der Waals surface area contributed by atoms with Crippen molar-refractivity contribution in [2.75, 3.05) is 31.6 Å². The molecule has 9 nitrogen and oxygen atoms in total. The number of fused-ring (bicyclic) bond motifs is 3. The molecular weight excluding hydrogens is 434 g/mol. The van der Waals surface area contributed by atoms with Crippen LogP contribution in [0.25, 0.3) is 10.9 Å². The molecule has 12 heteroatoms. The number of aromatic nitrogens is 1. The first kappa shape index (κ1) is 22.3. The third kappa shape index (κ3) is 5.05. The van der Waals surface area contributed by atoms with E-state index in [4.69, 9.17) is 22.1 Å². The molecule has 1 aromatic heterocycles. The number of aryl methyl sites for hydroxylation is 1. The monoisotopic (exact) mass is 454 g/mol. The zero-order valence-corrected chi connectivity index (χ0v) is 17.3. The Bertz CT molecular complexity index is 1120. The standard InChI is InChI=1S/C19H21ClF2N6O3/c1-28-14-3-2-11(27-17(23)13(20)7-24-4-5-25-10-29)6-12(14)15-16(18(28)30)31-9-19(21,22)8-26-15/h2-3,6-7,10,24,26H,4-5,8-9H2,1H3,(H2,23,27)(H,25,29). The molecule has 5 N–H and O–H groups in total. The number of rotatable bonds is 7. The van der Waals surface area contributed by atoms with Crippen molar-refractivity contribution in [1.82, 2.24) is 15.2 Å². The number of anilines is 1. The van der Waals surface area contributed by atoms with Gasteiger partial charge < -0.3 is 31.0 Å². The number of amidine groups is 1. The van der Waals surface area contributed by atoms with Crippen LogP contribution in [0, 0.1) is 0 Å². The number of amides is 1. The van der Waals surface area contributed by atoms with Gasteiger partial charge in [-0.2, -0.15) is 0 Å². The number of pyridine rings is 1. The maximum absolute atomic E-state index is 13.8. The van der Waals surface area contributed by atoms with Gasteiger partial charge in [-0.15, -0.1) is 0 Å². The maximum Gasteiger partial charge on any atom is 0.298 e. The summed E-state index contributed by atoms with van der Waals surface area (Å²) in [5.41, 5.74) is 6.49. The Kier molecular flexibility index (Phi) is 6.64. The lowest BCUT2D eigenvalue weighted by atomic mass is 10.1. The second kappa shape index (κ2) is 9.21. The first-order chi connectivity index (χ1) is 14.7. The molecule has 3 rings (SSSR count). The number of ether oxygens (including phenoxy) is 1. The number of hydrogen-bond acceptors (Lipinski definition) is 6. The van der Waals surface area contributed by atoms with Crippen molar-refractivity contribution >= 4 is 46.1 Å². The van der Waals surface area contributed by atoms with Crippen molar-refractivity contribution in [2.24, 2.45) is 17.8 Å². The normalized spacial score (nSPS) is 16.0. The number of nitrogens with two attached hydrogens (primary N) is 1. The van der Waals surface area contributed by atoms with E-state index in [0.717, 1.165) is 0 Å². The molecule has 0 aliphatic carbocycles. The van der Waals surface area contributed by atoms with E-state index in [0.29, 0.717) is 36.1 Å². The highest BCUT2D eigenvalue weighted by Gasteiger charge is 2.35. The second-order valence-corrected chi connectivity index (χ2v) is 7.19. The predicted octanol–water partition coefficient (Wildman–Crippen LogP) is 1.38. The molecule has 0 unspecified atom stereocenters. The van der Waals surface area contributed by atoms with Crippen molar-refractivity contribution in [3.8, 4) is 5.75 Å². The minimum Gasteiger partial charge on any atom is -0.480 e. The zero-order valence-electron chi connectivity index (χ0n) is 16.5. The van der Waals surface area contributed by atoms with Gasteiger partial charge in [0.05, 0.1) is 28.5 Å². The quantitative estimate of drug-likeness (QED) is 0.217. The molecule has 1 aliphatic rings. The van der Waals surface area contributed by atoms with Gasteiger partial charge in [0.15, 0.2) is 6.61 Å². The van der Waals surface area contributed by atoms with Crippen molar-refractivity contribution in [1.29, 1.82) is 0 Å². The van der Waals surface area contributed by atoms with Crippen LogP contribution in [-0.4, -0.2) is 49.0 Å². The summed E-state index contributed by atoms with van der Waals surface area (Å²) in [5, 5.41) is 8.61. The van der Waals surface area contributed by atoms with Crippen LogP contribution in [0.3, 0.4) is 0 Å². The Morgan fingerprint density at radius 1 is 1.42 bits per heavy atom. The summed E-state index contributed by atoms with van der Waals surface area (Å²) in [6.45, 7) is -0.718. The zero-order chi connectivity index (χ0) is 22.6. The predicted molar refractivity (Wildman–Crippen MR) is 115 cm³/mol. The van der Waals surface area contributed by atoms with E-state index in [1.165, 1.54) is 17.8 Å². The van der Waals surface area contributed by atoms with Gasteiger partial charge in [0.2, 0.25) is 12.2 Å². The van der Waals surface area contributed by atoms with E-state index in [2.05, 4.69) is 20.9 Å². The van der Waals surface area contributed by atoms with Gasteiger partial charge in [0, 0.05) is 31.7 Å². The number of aliphatic imine (C=N–C) groups is 1. The van der Waals surface area contributed by atoms with Crippen LogP contribution in [0.5, 0.6) is 5.75 Å². The number of carbonyl (C=O) groups excluding carboxylic acids is 1. The Morgan fingerprint density at radius 2 is 2.16 bits per heavy atom. The van der Waals surface area contributed by atoms with Gasteiger partial charge in [0.1, 0.15) is 5.84 Å². The number of halogens is 3. The lowest BCUT2D eigenvalue weighted by molar-refractivity contribution is -0.109. The number of hydrogen-bond donors (Lipinski definition) is 4. The summed E-state index contributed by atoms with van der Waals surface area (Å²) < 4.78 is 34.0. The van der Waals surface area contributed by atoms with Crippen LogP contribution in [0.15, 0.2) is 39.2 Å². The largest absolute Gasteiger partial charge is 0.480 e. The molecule has 0 fully saturated rings. The van der Waals surface area contributed by atoms with Crippen molar-refractivity contribution in [2.45, 2.75) is 5.92 Å². The SMILES string of the molecule is Cn1c(=O)c2c(c3cc(N=C(N)C(Cl)=CNCCNC=O)ccc31)NCC(F)(F)CO2. The first-order valence-electron chi connectivity index (χ1n) is 9.25. The fourth-order valence-electron chi connectivity index (χ4n) is 2.96. The summed E-state index contributed by atoms with van der Waals surface area (Å²) in [7, 11) is 1.53. The number of carbonyl (C=O) groups is 1. The Hall–Kier alpha value is -3.34. The van der Waals surface area contributed by atoms with Gasteiger partial charge in [-0.25, -0.2) is 13.8 Å². The van der Waals surface area contributed by atoms with Gasteiger partial charge in [-0.1, -0.05) is 11.6 Å². The number of nitrogens with zero attached hydrogens (tertiary/aromatic N) is 2. The van der Waals surface area contributed by atoms with Gasteiger partial charge in [-0.05, 0) is 18.2 Å². The molecule has 1 amide bonds. The molecule has 31 heavy (non-hydrogen) atoms. The molecule has 0 saturated heterocycles. The van der Waals surface area contributed by atoms with Crippen LogP contribution in [-0.2, 0) is 11.8 Å². The molecule has 0 atom stereocenters. The molecule has 0 radical (unpaired) electrons. The van der Waals surface area contributed by atoms with Gasteiger partial charge in [0.25, 0.3) is 11.5 Å². The Balaban J connectivity index is 1.95. The lowest BCUT2D eigenvalue weighted by Crippen LogP contribution is -2.31. The molecule has 0 spiro atoms. The van der Waals surface area contributed by atoms with E-state index >= 15 is 0 Å². The number of alkyl halides is 2. The van der Waals surface area contributed by atoms with E-state index in [1.807, 2.05) is 0 Å². The van der Waals surface area contributed by atoms with E-state index in [-0.39, 0.29) is 22.3 Å². The lowest BCUT2D eigenvalue weighted by Gasteiger charge is -2.14. The summed E-state index contributed by atoms with van der Waals surface area (Å²) >= 11 is 6.12. The smallest absolute Gasteiger partial charge is 0.298 e. The van der Waals surface area contributed by atoms with Gasteiger partial charge in [-0.3, -0.25) is 9.59 Å². The molecule has 2 aromatic rings. The Morgan fingerprint density at radius 3 is 2.90 bits per heavy atom. The molecular formula is C19H21ClF2N6O3. The minimum atomic E-state index is -3.12. The maximum atomic E-state index is 13.8. The first-order valence-corrected chi connectivity index (χ1v) is 9.63. The third-order valence-corrected chi connectivity index (χ3v) is 4.81. The fourth-order valence-corrected chi connectivity index (χ4v) is 3.08. The van der Waals surface area contributed by atoms with Crippen molar-refractivity contribution < 1.29 is 18.3 Å². The number of benzene rings is 1. The highest BCUT2D eigenvalue weighted by atomic mass is 35.5. The molecule has 1 aromatic carbocycles. The Labute approximate surface area is 180 Å². The fraction of sp³-hybridized carbons (Fsp3) is 0.316. The number of nitrogens with one attached hydrogen (secondary N) is 3. The van der Waals surface area contributed by atoms with Crippen molar-refractivity contribution in [3.05, 3.63) is 39.8 Å². The molecule has 2 heterocycles. The second-order valence-electron chi connectivity index (χ2n) is 6.78.